The van der Waals surface area contributed by atoms with Crippen molar-refractivity contribution in [3.05, 3.63) is 135 Å². The minimum atomic E-state index is -2.09. The van der Waals surface area contributed by atoms with Crippen LogP contribution in [0.2, 0.25) is 54.4 Å². The van der Waals surface area contributed by atoms with Crippen LogP contribution in [0.1, 0.15) is 0 Å². The molecule has 0 unspecified atom stereocenters. The molecule has 0 saturated heterocycles. The van der Waals surface area contributed by atoms with E-state index in [1.165, 1.54) is 0 Å². The molecule has 1 rings (SSSR count). The summed E-state index contributed by atoms with van der Waals surface area (Å²) in [5, 5.41) is 3.34. The van der Waals surface area contributed by atoms with Gasteiger partial charge in [-0.1, -0.05) is 0 Å². The van der Waals surface area contributed by atoms with Gasteiger partial charge in [-0.05, 0) is 0 Å². The second-order valence-corrected chi connectivity index (χ2v) is 25.8. The first-order chi connectivity index (χ1) is 17.4. The monoisotopic (exact) mass is 590 g/mol. The summed E-state index contributed by atoms with van der Waals surface area (Å²) >= 11 is -0.0654. The van der Waals surface area contributed by atoms with Crippen molar-refractivity contribution in [2.24, 2.45) is 0 Å². The summed E-state index contributed by atoms with van der Waals surface area (Å²) in [6.45, 7) is 38.0. The predicted octanol–water partition coefficient (Wildman–Crippen LogP) is 9.32. The van der Waals surface area contributed by atoms with Gasteiger partial charge in [0, 0.05) is 0 Å². The molecular formula is C32H47AsSi3. The summed E-state index contributed by atoms with van der Waals surface area (Å²) < 4.78 is 1.78. The molecule has 1 aliphatic heterocycles. The summed E-state index contributed by atoms with van der Waals surface area (Å²) in [5.41, 5.74) is 0. The molecular weight excluding hydrogens is 544 g/mol. The summed E-state index contributed by atoms with van der Waals surface area (Å²) in [6.07, 6.45) is 21.9. The van der Waals surface area contributed by atoms with Crippen LogP contribution in [-0.2, 0) is 0 Å². The molecule has 0 bridgehead atoms. The quantitative estimate of drug-likeness (QED) is 0.0923. The molecule has 0 spiro atoms. The van der Waals surface area contributed by atoms with E-state index in [2.05, 4.69) is 125 Å². The van der Waals surface area contributed by atoms with E-state index >= 15 is 0 Å². The zero-order valence-corrected chi connectivity index (χ0v) is 27.4. The van der Waals surface area contributed by atoms with Crippen LogP contribution in [-0.4, -0.2) is 43.5 Å². The van der Waals surface area contributed by atoms with E-state index in [4.69, 9.17) is 0 Å². The Kier molecular flexibility index (Phi) is 14.5. The molecule has 1 aliphatic rings. The maximum atomic E-state index is 4.25. The minimum absolute atomic E-state index is 0.0654. The van der Waals surface area contributed by atoms with Crippen molar-refractivity contribution in [1.82, 2.24) is 0 Å². The Morgan fingerprint density at radius 2 is 0.778 bits per heavy atom. The normalized spacial score (nSPS) is 14.3. The Bertz CT molecular complexity index is 880. The van der Waals surface area contributed by atoms with Gasteiger partial charge in [-0.15, -0.1) is 0 Å². The SMILES string of the molecule is C=CC[Si](CC=C)(CC=C)C1=[As]C=CC([Si](CC=C)(CC=C)CC=C)=C1[Si](CC=C)(CC=C)CC=C. The zero-order valence-electron chi connectivity index (χ0n) is 22.5. The van der Waals surface area contributed by atoms with Crippen molar-refractivity contribution in [1.29, 1.82) is 0 Å². The van der Waals surface area contributed by atoms with Gasteiger partial charge in [-0.25, -0.2) is 0 Å². The van der Waals surface area contributed by atoms with Gasteiger partial charge in [-0.2, -0.15) is 0 Å². The third kappa shape index (κ3) is 7.16. The predicted molar refractivity (Wildman–Crippen MR) is 179 cm³/mol. The second kappa shape index (κ2) is 16.1. The second-order valence-electron chi connectivity index (χ2n) is 9.86. The molecule has 36 heavy (non-hydrogen) atoms. The van der Waals surface area contributed by atoms with Crippen LogP contribution in [0, 0.1) is 0 Å². The molecule has 0 fully saturated rings. The van der Waals surface area contributed by atoms with E-state index in [0.29, 0.717) is 0 Å². The van der Waals surface area contributed by atoms with Gasteiger partial charge >= 0.3 is 233 Å². The van der Waals surface area contributed by atoms with Gasteiger partial charge in [0.25, 0.3) is 0 Å². The van der Waals surface area contributed by atoms with E-state index in [9.17, 15) is 0 Å². The molecule has 0 amide bonds. The summed E-state index contributed by atoms with van der Waals surface area (Å²) in [7, 11) is -6.10. The van der Waals surface area contributed by atoms with E-state index in [1.807, 2.05) is 0 Å². The van der Waals surface area contributed by atoms with Gasteiger partial charge in [0.05, 0.1) is 0 Å². The molecule has 0 aliphatic carbocycles. The van der Waals surface area contributed by atoms with Crippen LogP contribution >= 0.6 is 0 Å². The molecule has 0 saturated carbocycles. The molecule has 0 nitrogen and oxygen atoms in total. The van der Waals surface area contributed by atoms with Crippen LogP contribution in [0.5, 0.6) is 0 Å². The number of rotatable bonds is 21. The van der Waals surface area contributed by atoms with Crippen LogP contribution in [0.4, 0.5) is 0 Å². The van der Waals surface area contributed by atoms with Crippen molar-refractivity contribution < 1.29 is 0 Å². The first-order valence-corrected chi connectivity index (χ1v) is 22.8. The number of hydrogen-bond acceptors (Lipinski definition) is 0. The maximum absolute atomic E-state index is 4.25. The molecule has 0 atom stereocenters. The first-order valence-electron chi connectivity index (χ1n) is 12.9. The molecule has 1 heterocycles. The number of hydrogen-bond donors (Lipinski definition) is 0. The zero-order chi connectivity index (χ0) is 27.1. The molecule has 0 aromatic heterocycles. The van der Waals surface area contributed by atoms with Gasteiger partial charge < -0.3 is 0 Å². The molecule has 0 radical (unpaired) electrons. The fourth-order valence-corrected chi connectivity index (χ4v) is 28.3. The van der Waals surface area contributed by atoms with Gasteiger partial charge in [-0.3, -0.25) is 0 Å². The Hall–Kier alpha value is -1.78. The van der Waals surface area contributed by atoms with E-state index < -0.39 is 24.2 Å². The summed E-state index contributed by atoms with van der Waals surface area (Å²) in [4.78, 5) is 2.52. The van der Waals surface area contributed by atoms with Crippen molar-refractivity contribution in [2.75, 3.05) is 0 Å². The molecule has 0 aromatic carbocycles. The first kappa shape index (κ1) is 32.2. The Labute approximate surface area is 232 Å². The van der Waals surface area contributed by atoms with Gasteiger partial charge in [0.15, 0.2) is 0 Å². The van der Waals surface area contributed by atoms with E-state index in [1.54, 1.807) is 14.3 Å². The molecule has 192 valence electrons. The Morgan fingerprint density at radius 3 is 1.11 bits per heavy atom. The Balaban J connectivity index is 4.40. The van der Waals surface area contributed by atoms with Gasteiger partial charge in [0.2, 0.25) is 0 Å². The van der Waals surface area contributed by atoms with Crippen molar-refractivity contribution in [2.45, 2.75) is 54.4 Å². The average Bonchev–Trinajstić information content (AvgIpc) is 2.85. The van der Waals surface area contributed by atoms with Crippen LogP contribution in [0.25, 0.3) is 0 Å². The van der Waals surface area contributed by atoms with Crippen LogP contribution < -0.4 is 0 Å². The molecule has 0 N–H and O–H groups in total. The average molecular weight is 591 g/mol. The Morgan fingerprint density at radius 1 is 0.472 bits per heavy atom. The van der Waals surface area contributed by atoms with Crippen molar-refractivity contribution in [3.63, 3.8) is 0 Å². The van der Waals surface area contributed by atoms with Crippen molar-refractivity contribution in [3.8, 4) is 0 Å². The summed E-state index contributed by atoms with van der Waals surface area (Å²) in [6, 6.07) is 9.34. The van der Waals surface area contributed by atoms with Crippen LogP contribution in [0.15, 0.2) is 135 Å². The molecule has 0 aromatic rings. The summed E-state index contributed by atoms with van der Waals surface area (Å²) in [5.74, 6) is 0. The third-order valence-corrected chi connectivity index (χ3v) is 27.6. The topological polar surface area (TPSA) is 0 Å². The fourth-order valence-electron chi connectivity index (χ4n) is 6.01. The third-order valence-electron chi connectivity index (χ3n) is 7.37. The standard InChI is InChI=1S/C32H47AsSi3/c1-10-21-34(22-11-2,23-12-3)30-19-20-33-32(36(27-16-7,28-17-8)29-18-9)31(30)35(24-13-4,25-14-5)26-15-6/h10-20H,1-9,21-29H2. The van der Waals surface area contributed by atoms with E-state index in [0.717, 1.165) is 54.4 Å². The number of allylic oxidation sites excluding steroid dienone is 12. The van der Waals surface area contributed by atoms with Crippen molar-refractivity contribution >= 4 is 43.5 Å². The van der Waals surface area contributed by atoms with Crippen LogP contribution in [0.3, 0.4) is 0 Å². The van der Waals surface area contributed by atoms with E-state index in [-0.39, 0.29) is 15.3 Å². The molecule has 4 heteroatoms. The fraction of sp³-hybridized carbons (Fsp3) is 0.281. The van der Waals surface area contributed by atoms with Gasteiger partial charge in [0.1, 0.15) is 0 Å².